The van der Waals surface area contributed by atoms with Gasteiger partial charge in [0, 0.05) is 0 Å². The molecule has 0 aliphatic rings. The average molecular weight is 192 g/mol. The van der Waals surface area contributed by atoms with Crippen molar-refractivity contribution in [1.82, 2.24) is 9.97 Å². The Bertz CT molecular complexity index is 470. The van der Waals surface area contributed by atoms with E-state index in [9.17, 15) is 4.79 Å². The van der Waals surface area contributed by atoms with E-state index in [1.54, 1.807) is 18.2 Å². The summed E-state index contributed by atoms with van der Waals surface area (Å²) < 4.78 is 0. The standard InChI is InChI=1S/C9H6N2O2.H2O/c12-9(13)8-5-10-6-3-1-2-4-7(6)11-8;/h1-5H,(H,12,13);1H2. The highest BCUT2D eigenvalue weighted by Crippen LogP contribution is 2.07. The summed E-state index contributed by atoms with van der Waals surface area (Å²) in [6.07, 6.45) is 1.25. The molecule has 5 nitrogen and oxygen atoms in total. The molecular weight excluding hydrogens is 184 g/mol. The molecule has 0 unspecified atom stereocenters. The summed E-state index contributed by atoms with van der Waals surface area (Å²) in [5.41, 5.74) is 1.27. The largest absolute Gasteiger partial charge is 0.476 e. The van der Waals surface area contributed by atoms with Crippen molar-refractivity contribution in [1.29, 1.82) is 0 Å². The minimum Gasteiger partial charge on any atom is -0.476 e. The summed E-state index contributed by atoms with van der Waals surface area (Å²) in [6, 6.07) is 7.14. The van der Waals surface area contributed by atoms with Crippen molar-refractivity contribution in [2.45, 2.75) is 0 Å². The number of carboxylic acids is 1. The highest BCUT2D eigenvalue weighted by molar-refractivity contribution is 5.87. The molecule has 1 aromatic carbocycles. The SMILES string of the molecule is O.O=C(O)c1cnc2ccccc2n1. The number of aromatic carboxylic acids is 1. The molecule has 5 heteroatoms. The second kappa shape index (κ2) is 3.80. The van der Waals surface area contributed by atoms with Crippen LogP contribution in [0.4, 0.5) is 0 Å². The minimum atomic E-state index is -1.06. The van der Waals surface area contributed by atoms with Gasteiger partial charge in [-0.3, -0.25) is 4.98 Å². The Labute approximate surface area is 79.4 Å². The first-order valence-corrected chi connectivity index (χ1v) is 3.72. The van der Waals surface area contributed by atoms with Gasteiger partial charge in [0.15, 0.2) is 5.69 Å². The van der Waals surface area contributed by atoms with E-state index in [1.807, 2.05) is 6.07 Å². The molecule has 0 saturated heterocycles. The van der Waals surface area contributed by atoms with Gasteiger partial charge in [-0.15, -0.1) is 0 Å². The number of hydrogen-bond acceptors (Lipinski definition) is 3. The molecular formula is C9H8N2O3. The van der Waals surface area contributed by atoms with Gasteiger partial charge in [-0.25, -0.2) is 9.78 Å². The molecule has 0 saturated carbocycles. The lowest BCUT2D eigenvalue weighted by molar-refractivity contribution is 0.0690. The number of para-hydroxylation sites is 2. The van der Waals surface area contributed by atoms with Crippen molar-refractivity contribution in [3.8, 4) is 0 Å². The van der Waals surface area contributed by atoms with Crippen molar-refractivity contribution >= 4 is 17.0 Å². The number of carboxylic acid groups (broad SMARTS) is 1. The first-order valence-electron chi connectivity index (χ1n) is 3.72. The number of rotatable bonds is 1. The number of benzene rings is 1. The molecule has 2 aromatic rings. The predicted octanol–water partition coefficient (Wildman–Crippen LogP) is 0.503. The lowest BCUT2D eigenvalue weighted by Crippen LogP contribution is -2.00. The van der Waals surface area contributed by atoms with E-state index in [2.05, 4.69) is 9.97 Å². The van der Waals surface area contributed by atoms with Crippen LogP contribution in [0.25, 0.3) is 11.0 Å². The fourth-order valence-electron chi connectivity index (χ4n) is 1.06. The van der Waals surface area contributed by atoms with Gasteiger partial charge in [-0.2, -0.15) is 0 Å². The normalized spacial score (nSPS) is 9.43. The fourth-order valence-corrected chi connectivity index (χ4v) is 1.06. The van der Waals surface area contributed by atoms with E-state index in [-0.39, 0.29) is 11.2 Å². The molecule has 14 heavy (non-hydrogen) atoms. The molecule has 0 aliphatic carbocycles. The highest BCUT2D eigenvalue weighted by atomic mass is 16.4. The molecule has 0 amide bonds. The average Bonchev–Trinajstić information content (AvgIpc) is 2.17. The number of hydrogen-bond donors (Lipinski definition) is 1. The van der Waals surface area contributed by atoms with Crippen molar-refractivity contribution in [3.63, 3.8) is 0 Å². The Morgan fingerprint density at radius 1 is 1.21 bits per heavy atom. The molecule has 1 aromatic heterocycles. The van der Waals surface area contributed by atoms with Gasteiger partial charge in [0.2, 0.25) is 0 Å². The van der Waals surface area contributed by atoms with Crippen LogP contribution in [0.1, 0.15) is 10.5 Å². The lowest BCUT2D eigenvalue weighted by atomic mass is 10.3. The van der Waals surface area contributed by atoms with E-state index in [4.69, 9.17) is 5.11 Å². The zero-order chi connectivity index (χ0) is 9.26. The third-order valence-corrected chi connectivity index (χ3v) is 1.67. The van der Waals surface area contributed by atoms with E-state index in [1.165, 1.54) is 6.20 Å². The number of nitrogens with zero attached hydrogens (tertiary/aromatic N) is 2. The number of carbonyl (C=O) groups is 1. The Kier molecular flexibility index (Phi) is 2.73. The summed E-state index contributed by atoms with van der Waals surface area (Å²) >= 11 is 0. The van der Waals surface area contributed by atoms with Gasteiger partial charge in [-0.05, 0) is 12.1 Å². The maximum atomic E-state index is 10.5. The van der Waals surface area contributed by atoms with Gasteiger partial charge >= 0.3 is 5.97 Å². The minimum absolute atomic E-state index is 0. The van der Waals surface area contributed by atoms with E-state index < -0.39 is 5.97 Å². The van der Waals surface area contributed by atoms with Crippen LogP contribution >= 0.6 is 0 Å². The van der Waals surface area contributed by atoms with Crippen molar-refractivity contribution in [2.24, 2.45) is 0 Å². The Morgan fingerprint density at radius 2 is 1.86 bits per heavy atom. The molecule has 0 fully saturated rings. The van der Waals surface area contributed by atoms with E-state index >= 15 is 0 Å². The van der Waals surface area contributed by atoms with Crippen LogP contribution in [0.5, 0.6) is 0 Å². The molecule has 0 spiro atoms. The van der Waals surface area contributed by atoms with Gasteiger partial charge in [0.05, 0.1) is 17.2 Å². The fraction of sp³-hybridized carbons (Fsp3) is 0. The topological polar surface area (TPSA) is 94.6 Å². The molecule has 0 aliphatic heterocycles. The number of aromatic nitrogens is 2. The maximum absolute atomic E-state index is 10.5. The molecule has 3 N–H and O–H groups in total. The van der Waals surface area contributed by atoms with Crippen LogP contribution in [0.15, 0.2) is 30.5 Å². The van der Waals surface area contributed by atoms with Gasteiger partial charge in [0.1, 0.15) is 0 Å². The molecule has 72 valence electrons. The first-order chi connectivity index (χ1) is 6.27. The summed E-state index contributed by atoms with van der Waals surface area (Å²) in [5, 5.41) is 8.64. The zero-order valence-electron chi connectivity index (χ0n) is 7.14. The molecule has 0 radical (unpaired) electrons. The Morgan fingerprint density at radius 3 is 2.50 bits per heavy atom. The third kappa shape index (κ3) is 1.67. The summed E-state index contributed by atoms with van der Waals surface area (Å²) in [5.74, 6) is -1.06. The Balaban J connectivity index is 0.000000980. The van der Waals surface area contributed by atoms with Crippen LogP contribution < -0.4 is 0 Å². The number of fused-ring (bicyclic) bond motifs is 1. The van der Waals surface area contributed by atoms with E-state index in [0.717, 1.165) is 0 Å². The van der Waals surface area contributed by atoms with Crippen molar-refractivity contribution < 1.29 is 15.4 Å². The zero-order valence-corrected chi connectivity index (χ0v) is 7.14. The molecule has 0 atom stereocenters. The van der Waals surface area contributed by atoms with E-state index in [0.29, 0.717) is 11.0 Å². The van der Waals surface area contributed by atoms with Crippen molar-refractivity contribution in [2.75, 3.05) is 0 Å². The second-order valence-electron chi connectivity index (χ2n) is 2.55. The lowest BCUT2D eigenvalue weighted by Gasteiger charge is -1.96. The van der Waals surface area contributed by atoms with Gasteiger partial charge < -0.3 is 10.6 Å². The smallest absolute Gasteiger partial charge is 0.356 e. The van der Waals surface area contributed by atoms with Gasteiger partial charge in [0.25, 0.3) is 0 Å². The maximum Gasteiger partial charge on any atom is 0.356 e. The van der Waals surface area contributed by atoms with Crippen LogP contribution in [0.2, 0.25) is 0 Å². The first kappa shape index (κ1) is 10.1. The predicted molar refractivity (Wildman–Crippen MR) is 50.1 cm³/mol. The monoisotopic (exact) mass is 192 g/mol. The summed E-state index contributed by atoms with van der Waals surface area (Å²) in [4.78, 5) is 18.4. The molecule has 1 heterocycles. The molecule has 2 rings (SSSR count). The summed E-state index contributed by atoms with van der Waals surface area (Å²) in [6.45, 7) is 0. The second-order valence-corrected chi connectivity index (χ2v) is 2.55. The quantitative estimate of drug-likeness (QED) is 0.711. The molecule has 0 bridgehead atoms. The van der Waals surface area contributed by atoms with Crippen LogP contribution in [0.3, 0.4) is 0 Å². The Hall–Kier alpha value is -2.01. The van der Waals surface area contributed by atoms with Gasteiger partial charge in [-0.1, -0.05) is 12.1 Å². The van der Waals surface area contributed by atoms with Crippen LogP contribution in [-0.2, 0) is 0 Å². The highest BCUT2D eigenvalue weighted by Gasteiger charge is 2.05. The van der Waals surface area contributed by atoms with Crippen molar-refractivity contribution in [3.05, 3.63) is 36.2 Å². The van der Waals surface area contributed by atoms with Crippen LogP contribution in [-0.4, -0.2) is 26.5 Å². The summed E-state index contributed by atoms with van der Waals surface area (Å²) in [7, 11) is 0. The van der Waals surface area contributed by atoms with Crippen LogP contribution in [0, 0.1) is 0 Å². The third-order valence-electron chi connectivity index (χ3n) is 1.67.